The highest BCUT2D eigenvalue weighted by Crippen LogP contribution is 2.17. The Labute approximate surface area is 156 Å². The van der Waals surface area contributed by atoms with Gasteiger partial charge in [-0.15, -0.1) is 0 Å². The summed E-state index contributed by atoms with van der Waals surface area (Å²) in [5, 5.41) is 28.4. The van der Waals surface area contributed by atoms with Gasteiger partial charge in [0.2, 0.25) is 0 Å². The topological polar surface area (TPSA) is 60.7 Å². The van der Waals surface area contributed by atoms with Crippen molar-refractivity contribution in [3.05, 3.63) is 70.3 Å². The Hall–Kier alpha value is -1.94. The lowest BCUT2D eigenvalue weighted by Gasteiger charge is -2.16. The van der Waals surface area contributed by atoms with Gasteiger partial charge in [-0.05, 0) is 67.0 Å². The van der Waals surface area contributed by atoms with Crippen LogP contribution >= 0.6 is 0 Å². The zero-order valence-corrected chi connectivity index (χ0v) is 15.8. The lowest BCUT2D eigenvalue weighted by Crippen LogP contribution is -2.17. The molecule has 2 aromatic carbocycles. The molecular formula is C23H30O3. The molecule has 0 aliphatic heterocycles. The predicted octanol–water partition coefficient (Wildman–Crippen LogP) is 4.33. The molecular weight excluding hydrogens is 324 g/mol. The fraction of sp³-hybridized carbons (Fsp3) is 0.391. The summed E-state index contributed by atoms with van der Waals surface area (Å²) in [6.45, 7) is 3.58. The van der Waals surface area contributed by atoms with Crippen molar-refractivity contribution >= 4 is 12.2 Å². The van der Waals surface area contributed by atoms with Crippen LogP contribution in [0, 0.1) is 0 Å². The number of benzene rings is 2. The zero-order valence-electron chi connectivity index (χ0n) is 15.8. The third-order valence-electron chi connectivity index (χ3n) is 4.49. The first-order valence-electron chi connectivity index (χ1n) is 9.24. The van der Waals surface area contributed by atoms with Gasteiger partial charge in [0.25, 0.3) is 0 Å². The van der Waals surface area contributed by atoms with Gasteiger partial charge in [0.1, 0.15) is 0 Å². The van der Waals surface area contributed by atoms with Crippen molar-refractivity contribution in [2.24, 2.45) is 0 Å². The number of aliphatic hydroxyl groups excluding tert-OH is 2. The van der Waals surface area contributed by atoms with E-state index in [1.807, 2.05) is 38.1 Å². The fourth-order valence-corrected chi connectivity index (χ4v) is 2.98. The molecule has 0 aromatic heterocycles. The number of rotatable bonds is 9. The molecule has 0 amide bonds. The van der Waals surface area contributed by atoms with Crippen molar-refractivity contribution < 1.29 is 15.3 Å². The standard InChI is InChI=1S/C23H30O3/c1-23(2,26)13-4-3-6-18-7-5-8-19(14-18)9-10-20-11-12-21(16-24)22(15-20)17-25/h5,7-12,14-15,24-26H,3-4,6,13,16-17H2,1-2H3. The summed E-state index contributed by atoms with van der Waals surface area (Å²) in [6.07, 6.45) is 8.01. The minimum atomic E-state index is -0.580. The molecule has 0 saturated heterocycles. The van der Waals surface area contributed by atoms with Crippen molar-refractivity contribution in [3.8, 4) is 0 Å². The molecule has 0 heterocycles. The van der Waals surface area contributed by atoms with Crippen LogP contribution in [0.1, 0.15) is 60.9 Å². The largest absolute Gasteiger partial charge is 0.392 e. The Morgan fingerprint density at radius 1 is 0.846 bits per heavy atom. The first-order valence-corrected chi connectivity index (χ1v) is 9.24. The van der Waals surface area contributed by atoms with Crippen LogP contribution in [-0.4, -0.2) is 20.9 Å². The van der Waals surface area contributed by atoms with Gasteiger partial charge in [0.05, 0.1) is 18.8 Å². The lowest BCUT2D eigenvalue weighted by atomic mass is 9.98. The Kier molecular flexibility index (Phi) is 7.58. The van der Waals surface area contributed by atoms with Crippen molar-refractivity contribution in [2.75, 3.05) is 0 Å². The van der Waals surface area contributed by atoms with E-state index in [2.05, 4.69) is 30.3 Å². The maximum Gasteiger partial charge on any atom is 0.0685 e. The van der Waals surface area contributed by atoms with Crippen LogP contribution in [-0.2, 0) is 19.6 Å². The minimum Gasteiger partial charge on any atom is -0.392 e. The molecule has 26 heavy (non-hydrogen) atoms. The SMILES string of the molecule is CC(C)(O)CCCCc1cccc(C=Cc2ccc(CO)c(CO)c2)c1. The Bertz CT molecular complexity index is 726. The van der Waals surface area contributed by atoms with E-state index in [1.54, 1.807) is 0 Å². The van der Waals surface area contributed by atoms with E-state index in [9.17, 15) is 15.3 Å². The molecule has 3 N–H and O–H groups in total. The third kappa shape index (κ3) is 6.75. The quantitative estimate of drug-likeness (QED) is 0.464. The van der Waals surface area contributed by atoms with Crippen LogP contribution in [0.25, 0.3) is 12.2 Å². The number of unbranched alkanes of at least 4 members (excludes halogenated alkanes) is 1. The molecule has 0 fully saturated rings. The van der Waals surface area contributed by atoms with E-state index >= 15 is 0 Å². The van der Waals surface area contributed by atoms with Crippen molar-refractivity contribution in [1.82, 2.24) is 0 Å². The highest BCUT2D eigenvalue weighted by molar-refractivity contribution is 5.70. The molecule has 0 aliphatic rings. The molecule has 0 atom stereocenters. The number of hydrogen-bond acceptors (Lipinski definition) is 3. The Morgan fingerprint density at radius 3 is 2.19 bits per heavy atom. The van der Waals surface area contributed by atoms with Crippen LogP contribution in [0.4, 0.5) is 0 Å². The van der Waals surface area contributed by atoms with Gasteiger partial charge in [-0.25, -0.2) is 0 Å². The molecule has 0 spiro atoms. The monoisotopic (exact) mass is 354 g/mol. The zero-order chi connectivity index (χ0) is 19.0. The molecule has 3 heteroatoms. The van der Waals surface area contributed by atoms with E-state index in [-0.39, 0.29) is 13.2 Å². The number of hydrogen-bond donors (Lipinski definition) is 3. The smallest absolute Gasteiger partial charge is 0.0685 e. The average molecular weight is 354 g/mol. The first kappa shape index (κ1) is 20.4. The van der Waals surface area contributed by atoms with Crippen molar-refractivity contribution in [3.63, 3.8) is 0 Å². The van der Waals surface area contributed by atoms with Crippen LogP contribution in [0.15, 0.2) is 42.5 Å². The summed E-state index contributed by atoms with van der Waals surface area (Å²) in [7, 11) is 0. The summed E-state index contributed by atoms with van der Waals surface area (Å²) in [5.74, 6) is 0. The van der Waals surface area contributed by atoms with E-state index in [0.717, 1.165) is 47.9 Å². The van der Waals surface area contributed by atoms with Gasteiger partial charge >= 0.3 is 0 Å². The molecule has 0 radical (unpaired) electrons. The maximum atomic E-state index is 9.77. The van der Waals surface area contributed by atoms with Crippen LogP contribution in [0.5, 0.6) is 0 Å². The second-order valence-electron chi connectivity index (χ2n) is 7.44. The van der Waals surface area contributed by atoms with Crippen LogP contribution in [0.2, 0.25) is 0 Å². The number of aryl methyl sites for hydroxylation is 1. The number of aliphatic hydroxyl groups is 3. The van der Waals surface area contributed by atoms with E-state index < -0.39 is 5.60 Å². The Balaban J connectivity index is 1.98. The highest BCUT2D eigenvalue weighted by Gasteiger charge is 2.11. The van der Waals surface area contributed by atoms with Gasteiger partial charge in [-0.1, -0.05) is 55.0 Å². The first-order chi connectivity index (χ1) is 12.4. The average Bonchev–Trinajstić information content (AvgIpc) is 2.63. The molecule has 3 nitrogen and oxygen atoms in total. The van der Waals surface area contributed by atoms with E-state index in [0.29, 0.717) is 0 Å². The molecule has 0 saturated carbocycles. The summed E-state index contributed by atoms with van der Waals surface area (Å²) < 4.78 is 0. The van der Waals surface area contributed by atoms with Crippen LogP contribution in [0.3, 0.4) is 0 Å². The summed E-state index contributed by atoms with van der Waals surface area (Å²) in [6, 6.07) is 14.2. The van der Waals surface area contributed by atoms with E-state index in [1.165, 1.54) is 5.56 Å². The molecule has 0 bridgehead atoms. The molecule has 2 aromatic rings. The lowest BCUT2D eigenvalue weighted by molar-refractivity contribution is 0.0682. The van der Waals surface area contributed by atoms with E-state index in [4.69, 9.17) is 0 Å². The highest BCUT2D eigenvalue weighted by atomic mass is 16.3. The van der Waals surface area contributed by atoms with Gasteiger partial charge in [0, 0.05) is 0 Å². The van der Waals surface area contributed by atoms with Crippen molar-refractivity contribution in [1.29, 1.82) is 0 Å². The van der Waals surface area contributed by atoms with Crippen LogP contribution < -0.4 is 0 Å². The molecule has 140 valence electrons. The molecule has 0 unspecified atom stereocenters. The van der Waals surface area contributed by atoms with Gasteiger partial charge in [-0.3, -0.25) is 0 Å². The minimum absolute atomic E-state index is 0.0601. The summed E-state index contributed by atoms with van der Waals surface area (Å²) >= 11 is 0. The second-order valence-corrected chi connectivity index (χ2v) is 7.44. The molecule has 0 aliphatic carbocycles. The predicted molar refractivity (Wildman–Crippen MR) is 108 cm³/mol. The fourth-order valence-electron chi connectivity index (χ4n) is 2.98. The third-order valence-corrected chi connectivity index (χ3v) is 4.49. The summed E-state index contributed by atoms with van der Waals surface area (Å²) in [4.78, 5) is 0. The molecule has 2 rings (SSSR count). The Morgan fingerprint density at radius 2 is 1.54 bits per heavy atom. The van der Waals surface area contributed by atoms with Gasteiger partial charge in [-0.2, -0.15) is 0 Å². The summed E-state index contributed by atoms with van der Waals surface area (Å²) in [5.41, 5.74) is 4.38. The normalized spacial score (nSPS) is 12.0. The van der Waals surface area contributed by atoms with Crippen molar-refractivity contribution in [2.45, 2.75) is 58.3 Å². The second kappa shape index (κ2) is 9.67. The van der Waals surface area contributed by atoms with Gasteiger partial charge < -0.3 is 15.3 Å². The van der Waals surface area contributed by atoms with Gasteiger partial charge in [0.15, 0.2) is 0 Å². The maximum absolute atomic E-state index is 9.77.